The standard InChI is InChI=1S/C16H22N4O/c1-10-5-4-6-11(2)15(10)17-16(21)13-7-8-14-19-18-12(3)20(14)9-13/h7-11,15H,4-6H2,1-3H3,(H,17,21). The number of carbonyl (C=O) groups is 1. The highest BCUT2D eigenvalue weighted by molar-refractivity contribution is 5.94. The quantitative estimate of drug-likeness (QED) is 0.923. The van der Waals surface area contributed by atoms with Crippen LogP contribution in [0.15, 0.2) is 18.3 Å². The molecule has 2 aromatic rings. The van der Waals surface area contributed by atoms with Gasteiger partial charge in [0.25, 0.3) is 5.91 Å². The van der Waals surface area contributed by atoms with Crippen LogP contribution in [0.4, 0.5) is 0 Å². The van der Waals surface area contributed by atoms with Crippen LogP contribution in [0.2, 0.25) is 0 Å². The summed E-state index contributed by atoms with van der Waals surface area (Å²) in [7, 11) is 0. The van der Waals surface area contributed by atoms with E-state index in [1.165, 1.54) is 19.3 Å². The van der Waals surface area contributed by atoms with Gasteiger partial charge in [0.2, 0.25) is 0 Å². The van der Waals surface area contributed by atoms with Gasteiger partial charge in [-0.3, -0.25) is 9.20 Å². The van der Waals surface area contributed by atoms with Crippen molar-refractivity contribution in [1.29, 1.82) is 0 Å². The fourth-order valence-electron chi connectivity index (χ4n) is 3.34. The molecule has 1 N–H and O–H groups in total. The predicted molar refractivity (Wildman–Crippen MR) is 81.2 cm³/mol. The Morgan fingerprint density at radius 3 is 2.67 bits per heavy atom. The SMILES string of the molecule is Cc1nnc2ccc(C(=O)NC3C(C)CCCC3C)cn12. The number of hydrogen-bond acceptors (Lipinski definition) is 3. The Morgan fingerprint density at radius 1 is 1.24 bits per heavy atom. The van der Waals surface area contributed by atoms with Crippen LogP contribution in [0.3, 0.4) is 0 Å². The summed E-state index contributed by atoms with van der Waals surface area (Å²) in [6, 6.07) is 3.92. The van der Waals surface area contributed by atoms with Crippen molar-refractivity contribution >= 4 is 11.6 Å². The average Bonchev–Trinajstić information content (AvgIpc) is 2.84. The lowest BCUT2D eigenvalue weighted by atomic mass is 9.78. The molecule has 0 aliphatic heterocycles. The molecule has 3 rings (SSSR count). The second-order valence-corrected chi connectivity index (χ2v) is 6.28. The van der Waals surface area contributed by atoms with Crippen LogP contribution in [-0.2, 0) is 0 Å². The van der Waals surface area contributed by atoms with E-state index in [-0.39, 0.29) is 11.9 Å². The number of aryl methyl sites for hydroxylation is 1. The zero-order valence-electron chi connectivity index (χ0n) is 12.8. The first kappa shape index (κ1) is 14.0. The number of fused-ring (bicyclic) bond motifs is 1. The smallest absolute Gasteiger partial charge is 0.253 e. The Kier molecular flexibility index (Phi) is 3.66. The van der Waals surface area contributed by atoms with E-state index in [0.29, 0.717) is 17.4 Å². The number of nitrogens with one attached hydrogen (secondary N) is 1. The van der Waals surface area contributed by atoms with Crippen molar-refractivity contribution in [2.45, 2.75) is 46.1 Å². The number of amides is 1. The van der Waals surface area contributed by atoms with Crippen molar-refractivity contribution in [2.75, 3.05) is 0 Å². The minimum Gasteiger partial charge on any atom is -0.349 e. The lowest BCUT2D eigenvalue weighted by Crippen LogP contribution is -2.45. The molecule has 112 valence electrons. The summed E-state index contributed by atoms with van der Waals surface area (Å²) < 4.78 is 1.85. The Bertz CT molecular complexity index is 653. The van der Waals surface area contributed by atoms with Gasteiger partial charge >= 0.3 is 0 Å². The molecule has 0 bridgehead atoms. The zero-order valence-corrected chi connectivity index (χ0v) is 12.8. The molecular weight excluding hydrogens is 264 g/mol. The van der Waals surface area contributed by atoms with Gasteiger partial charge < -0.3 is 5.32 Å². The Hall–Kier alpha value is -1.91. The first-order valence-electron chi connectivity index (χ1n) is 7.68. The molecule has 2 aromatic heterocycles. The summed E-state index contributed by atoms with van der Waals surface area (Å²) in [5.41, 5.74) is 1.43. The van der Waals surface area contributed by atoms with Crippen LogP contribution in [0.1, 0.15) is 49.3 Å². The van der Waals surface area contributed by atoms with E-state index < -0.39 is 0 Å². The van der Waals surface area contributed by atoms with Gasteiger partial charge in [-0.25, -0.2) is 0 Å². The fourth-order valence-corrected chi connectivity index (χ4v) is 3.34. The molecule has 1 amide bonds. The maximum Gasteiger partial charge on any atom is 0.253 e. The molecule has 1 aliphatic rings. The third kappa shape index (κ3) is 2.64. The van der Waals surface area contributed by atoms with Crippen LogP contribution in [0.25, 0.3) is 5.65 Å². The highest BCUT2D eigenvalue weighted by Gasteiger charge is 2.29. The van der Waals surface area contributed by atoms with E-state index in [9.17, 15) is 4.79 Å². The summed E-state index contributed by atoms with van der Waals surface area (Å²) >= 11 is 0. The van der Waals surface area contributed by atoms with Crippen molar-refractivity contribution in [1.82, 2.24) is 19.9 Å². The maximum atomic E-state index is 12.5. The second-order valence-electron chi connectivity index (χ2n) is 6.28. The number of nitrogens with zero attached hydrogens (tertiary/aromatic N) is 3. The van der Waals surface area contributed by atoms with E-state index in [1.807, 2.05) is 29.7 Å². The minimum atomic E-state index is -0.00407. The molecule has 0 spiro atoms. The molecule has 1 fully saturated rings. The number of carbonyl (C=O) groups excluding carboxylic acids is 1. The summed E-state index contributed by atoms with van der Waals surface area (Å²) in [6.07, 6.45) is 5.47. The monoisotopic (exact) mass is 286 g/mol. The second kappa shape index (κ2) is 5.47. The summed E-state index contributed by atoms with van der Waals surface area (Å²) in [5, 5.41) is 11.3. The van der Waals surface area contributed by atoms with E-state index in [1.54, 1.807) is 0 Å². The van der Waals surface area contributed by atoms with E-state index in [2.05, 4.69) is 29.4 Å². The number of aromatic nitrogens is 3. The van der Waals surface area contributed by atoms with Gasteiger partial charge in [-0.15, -0.1) is 10.2 Å². The summed E-state index contributed by atoms with van der Waals surface area (Å²) in [5.74, 6) is 1.87. The van der Waals surface area contributed by atoms with E-state index >= 15 is 0 Å². The first-order chi connectivity index (χ1) is 10.1. The molecule has 2 atom stereocenters. The largest absolute Gasteiger partial charge is 0.349 e. The van der Waals surface area contributed by atoms with E-state index in [4.69, 9.17) is 0 Å². The Labute approximate surface area is 124 Å². The molecule has 0 saturated heterocycles. The molecular formula is C16H22N4O. The van der Waals surface area contributed by atoms with Gasteiger partial charge in [0.1, 0.15) is 5.82 Å². The van der Waals surface area contributed by atoms with Crippen LogP contribution in [-0.4, -0.2) is 26.5 Å². The lowest BCUT2D eigenvalue weighted by molar-refractivity contribution is 0.0880. The van der Waals surface area contributed by atoms with Gasteiger partial charge in [-0.1, -0.05) is 20.3 Å². The minimum absolute atomic E-state index is 0.00407. The third-order valence-electron chi connectivity index (χ3n) is 4.68. The molecule has 5 heteroatoms. The molecule has 21 heavy (non-hydrogen) atoms. The first-order valence-corrected chi connectivity index (χ1v) is 7.68. The van der Waals surface area contributed by atoms with Crippen LogP contribution in [0, 0.1) is 18.8 Å². The number of rotatable bonds is 2. The zero-order chi connectivity index (χ0) is 15.0. The van der Waals surface area contributed by atoms with Gasteiger partial charge in [0.15, 0.2) is 5.65 Å². The van der Waals surface area contributed by atoms with Crippen molar-refractivity contribution in [3.63, 3.8) is 0 Å². The maximum absolute atomic E-state index is 12.5. The molecule has 2 unspecified atom stereocenters. The fraction of sp³-hybridized carbons (Fsp3) is 0.562. The lowest BCUT2D eigenvalue weighted by Gasteiger charge is -2.35. The number of pyridine rings is 1. The van der Waals surface area contributed by atoms with Gasteiger partial charge in [0.05, 0.1) is 5.56 Å². The average molecular weight is 286 g/mol. The van der Waals surface area contributed by atoms with Gasteiger partial charge in [-0.05, 0) is 43.7 Å². The Morgan fingerprint density at radius 2 is 1.95 bits per heavy atom. The number of hydrogen-bond donors (Lipinski definition) is 1. The topological polar surface area (TPSA) is 59.3 Å². The van der Waals surface area contributed by atoms with E-state index in [0.717, 1.165) is 11.5 Å². The van der Waals surface area contributed by atoms with Crippen LogP contribution < -0.4 is 5.32 Å². The van der Waals surface area contributed by atoms with Crippen LogP contribution >= 0.6 is 0 Å². The molecule has 2 heterocycles. The Balaban J connectivity index is 1.81. The predicted octanol–water partition coefficient (Wildman–Crippen LogP) is 2.59. The molecule has 5 nitrogen and oxygen atoms in total. The normalized spacial score (nSPS) is 26.0. The molecule has 1 aliphatic carbocycles. The third-order valence-corrected chi connectivity index (χ3v) is 4.68. The molecule has 1 saturated carbocycles. The van der Waals surface area contributed by atoms with Crippen molar-refractivity contribution < 1.29 is 4.79 Å². The summed E-state index contributed by atoms with van der Waals surface area (Å²) in [6.45, 7) is 6.34. The highest BCUT2D eigenvalue weighted by Crippen LogP contribution is 2.29. The van der Waals surface area contributed by atoms with Crippen LogP contribution in [0.5, 0.6) is 0 Å². The van der Waals surface area contributed by atoms with Crippen molar-refractivity contribution in [2.24, 2.45) is 11.8 Å². The van der Waals surface area contributed by atoms with Gasteiger partial charge in [-0.2, -0.15) is 0 Å². The molecule has 0 radical (unpaired) electrons. The molecule has 0 aromatic carbocycles. The van der Waals surface area contributed by atoms with Crippen molar-refractivity contribution in [3.05, 3.63) is 29.7 Å². The highest BCUT2D eigenvalue weighted by atomic mass is 16.1. The van der Waals surface area contributed by atoms with Crippen molar-refractivity contribution in [3.8, 4) is 0 Å². The summed E-state index contributed by atoms with van der Waals surface area (Å²) in [4.78, 5) is 12.5. The van der Waals surface area contributed by atoms with Gasteiger partial charge in [0, 0.05) is 12.2 Å².